The second-order valence-corrected chi connectivity index (χ2v) is 6.10. The highest BCUT2D eigenvalue weighted by Crippen LogP contribution is 2.34. The molecule has 1 atom stereocenters. The molecule has 2 nitrogen and oxygen atoms in total. The van der Waals surface area contributed by atoms with E-state index in [1.54, 1.807) is 11.3 Å². The molecule has 0 amide bonds. The van der Waals surface area contributed by atoms with E-state index in [0.29, 0.717) is 5.02 Å². The van der Waals surface area contributed by atoms with E-state index >= 15 is 0 Å². The van der Waals surface area contributed by atoms with Gasteiger partial charge in [0.2, 0.25) is 0 Å². The minimum absolute atomic E-state index is 0.108. The smallest absolute Gasteiger partial charge is 0.124 e. The molecular weight excluding hydrogens is 295 g/mol. The van der Waals surface area contributed by atoms with E-state index in [-0.39, 0.29) is 11.9 Å². The monoisotopic (exact) mass is 310 g/mol. The van der Waals surface area contributed by atoms with Crippen molar-refractivity contribution in [3.05, 3.63) is 57.0 Å². The quantitative estimate of drug-likeness (QED) is 0.933. The van der Waals surface area contributed by atoms with Crippen LogP contribution in [-0.4, -0.2) is 31.1 Å². The lowest BCUT2D eigenvalue weighted by molar-refractivity contribution is 0.198. The van der Waals surface area contributed by atoms with Gasteiger partial charge in [-0.25, -0.2) is 4.39 Å². The summed E-state index contributed by atoms with van der Waals surface area (Å²) in [4.78, 5) is 2.40. The van der Waals surface area contributed by atoms with Gasteiger partial charge in [-0.05, 0) is 40.1 Å². The van der Waals surface area contributed by atoms with Crippen molar-refractivity contribution in [2.75, 3.05) is 26.2 Å². The summed E-state index contributed by atoms with van der Waals surface area (Å²) in [6.07, 6.45) is 0. The first-order valence-corrected chi connectivity index (χ1v) is 7.99. The first kappa shape index (κ1) is 14.0. The first-order chi connectivity index (χ1) is 9.75. The Balaban J connectivity index is 2.00. The number of nitrogens with one attached hydrogen (secondary N) is 1. The largest absolute Gasteiger partial charge is 0.314 e. The number of halogens is 2. The fourth-order valence-corrected chi connectivity index (χ4v) is 3.63. The van der Waals surface area contributed by atoms with E-state index in [1.165, 1.54) is 17.7 Å². The Bertz CT molecular complexity index is 567. The van der Waals surface area contributed by atoms with Gasteiger partial charge in [-0.1, -0.05) is 17.7 Å². The van der Waals surface area contributed by atoms with Gasteiger partial charge in [-0.2, -0.15) is 11.3 Å². The van der Waals surface area contributed by atoms with E-state index < -0.39 is 0 Å². The standard InChI is InChI=1S/C15H16ClFN2S/c16-14-9-12(17)1-2-13(14)15(11-3-8-20-10-11)19-6-4-18-5-7-19/h1-3,8-10,15,18H,4-7H2/t15-/m1/s1. The minimum atomic E-state index is -0.289. The summed E-state index contributed by atoms with van der Waals surface area (Å²) in [5, 5.41) is 8.07. The highest BCUT2D eigenvalue weighted by atomic mass is 35.5. The maximum absolute atomic E-state index is 13.3. The predicted molar refractivity (Wildman–Crippen MR) is 82.0 cm³/mol. The molecule has 5 heteroatoms. The SMILES string of the molecule is Fc1ccc([C@@H](c2ccsc2)N2CCNCC2)c(Cl)c1. The van der Waals surface area contributed by atoms with E-state index in [2.05, 4.69) is 27.0 Å². The average molecular weight is 311 g/mol. The van der Waals surface area contributed by atoms with Crippen LogP contribution in [0.15, 0.2) is 35.0 Å². The zero-order valence-electron chi connectivity index (χ0n) is 11.0. The Morgan fingerprint density at radius 3 is 2.70 bits per heavy atom. The van der Waals surface area contributed by atoms with Crippen LogP contribution in [0, 0.1) is 5.82 Å². The molecule has 0 radical (unpaired) electrons. The summed E-state index contributed by atoms with van der Waals surface area (Å²) < 4.78 is 13.3. The van der Waals surface area contributed by atoms with Crippen molar-refractivity contribution in [1.82, 2.24) is 10.2 Å². The molecule has 106 valence electrons. The van der Waals surface area contributed by atoms with Crippen LogP contribution in [0.1, 0.15) is 17.2 Å². The zero-order chi connectivity index (χ0) is 13.9. The Hall–Kier alpha value is -0.940. The van der Waals surface area contributed by atoms with Gasteiger partial charge in [-0.3, -0.25) is 4.90 Å². The maximum atomic E-state index is 13.3. The van der Waals surface area contributed by atoms with Crippen LogP contribution in [0.4, 0.5) is 4.39 Å². The Labute approximate surface area is 127 Å². The average Bonchev–Trinajstić information content (AvgIpc) is 2.97. The minimum Gasteiger partial charge on any atom is -0.314 e. The van der Waals surface area contributed by atoms with Crippen LogP contribution in [0.25, 0.3) is 0 Å². The third-order valence-corrected chi connectivity index (χ3v) is 4.66. The van der Waals surface area contributed by atoms with Crippen molar-refractivity contribution in [2.45, 2.75) is 6.04 Å². The first-order valence-electron chi connectivity index (χ1n) is 6.67. The van der Waals surface area contributed by atoms with Crippen molar-refractivity contribution >= 4 is 22.9 Å². The third kappa shape index (κ3) is 2.88. The van der Waals surface area contributed by atoms with Crippen LogP contribution in [-0.2, 0) is 0 Å². The normalized spacial score (nSPS) is 18.1. The van der Waals surface area contributed by atoms with Gasteiger partial charge in [0.1, 0.15) is 5.82 Å². The molecule has 1 fully saturated rings. The Kier molecular flexibility index (Phi) is 4.36. The van der Waals surface area contributed by atoms with Crippen molar-refractivity contribution in [2.24, 2.45) is 0 Å². The fourth-order valence-electron chi connectivity index (χ4n) is 2.68. The fraction of sp³-hybridized carbons (Fsp3) is 0.333. The number of piperazine rings is 1. The zero-order valence-corrected chi connectivity index (χ0v) is 12.6. The maximum Gasteiger partial charge on any atom is 0.124 e. The highest BCUT2D eigenvalue weighted by Gasteiger charge is 2.26. The molecule has 0 bridgehead atoms. The van der Waals surface area contributed by atoms with Gasteiger partial charge in [0.25, 0.3) is 0 Å². The molecule has 20 heavy (non-hydrogen) atoms. The van der Waals surface area contributed by atoms with E-state index in [0.717, 1.165) is 31.7 Å². The van der Waals surface area contributed by atoms with Crippen LogP contribution in [0.5, 0.6) is 0 Å². The van der Waals surface area contributed by atoms with E-state index in [1.807, 2.05) is 6.07 Å². The van der Waals surface area contributed by atoms with Crippen molar-refractivity contribution in [1.29, 1.82) is 0 Å². The summed E-state index contributed by atoms with van der Waals surface area (Å²) in [7, 11) is 0. The number of thiophene rings is 1. The van der Waals surface area contributed by atoms with Crippen LogP contribution < -0.4 is 5.32 Å². The molecule has 0 aliphatic carbocycles. The lowest BCUT2D eigenvalue weighted by Crippen LogP contribution is -2.45. The van der Waals surface area contributed by atoms with Crippen LogP contribution >= 0.6 is 22.9 Å². The van der Waals surface area contributed by atoms with Gasteiger partial charge in [-0.15, -0.1) is 0 Å². The van der Waals surface area contributed by atoms with Crippen molar-refractivity contribution < 1.29 is 4.39 Å². The molecule has 0 spiro atoms. The molecule has 0 saturated carbocycles. The number of benzene rings is 1. The lowest BCUT2D eigenvalue weighted by Gasteiger charge is -2.35. The molecule has 2 heterocycles. The third-order valence-electron chi connectivity index (χ3n) is 3.63. The van der Waals surface area contributed by atoms with Gasteiger partial charge < -0.3 is 5.32 Å². The predicted octanol–water partition coefficient (Wildman–Crippen LogP) is 3.54. The van der Waals surface area contributed by atoms with Gasteiger partial charge in [0, 0.05) is 31.2 Å². The van der Waals surface area contributed by atoms with Gasteiger partial charge in [0.15, 0.2) is 0 Å². The second-order valence-electron chi connectivity index (χ2n) is 4.91. The van der Waals surface area contributed by atoms with Crippen LogP contribution in [0.3, 0.4) is 0 Å². The highest BCUT2D eigenvalue weighted by molar-refractivity contribution is 7.08. The molecule has 1 aliphatic rings. The molecular formula is C15H16ClFN2S. The topological polar surface area (TPSA) is 15.3 Å². The van der Waals surface area contributed by atoms with Crippen molar-refractivity contribution in [3.8, 4) is 0 Å². The molecule has 1 aromatic heterocycles. The lowest BCUT2D eigenvalue weighted by atomic mass is 9.98. The molecule has 2 aromatic rings. The number of rotatable bonds is 3. The molecule has 1 saturated heterocycles. The number of hydrogen-bond acceptors (Lipinski definition) is 3. The summed E-state index contributed by atoms with van der Waals surface area (Å²) in [6.45, 7) is 3.88. The number of nitrogens with zero attached hydrogens (tertiary/aromatic N) is 1. The molecule has 3 rings (SSSR count). The van der Waals surface area contributed by atoms with Gasteiger partial charge >= 0.3 is 0 Å². The van der Waals surface area contributed by atoms with E-state index in [4.69, 9.17) is 11.6 Å². The summed E-state index contributed by atoms with van der Waals surface area (Å²) in [5.41, 5.74) is 2.21. The Morgan fingerprint density at radius 2 is 2.05 bits per heavy atom. The molecule has 1 N–H and O–H groups in total. The summed E-state index contributed by atoms with van der Waals surface area (Å²) >= 11 is 7.96. The summed E-state index contributed by atoms with van der Waals surface area (Å²) in [5.74, 6) is -0.289. The Morgan fingerprint density at radius 1 is 1.25 bits per heavy atom. The number of hydrogen-bond donors (Lipinski definition) is 1. The molecule has 1 aliphatic heterocycles. The van der Waals surface area contributed by atoms with E-state index in [9.17, 15) is 4.39 Å². The van der Waals surface area contributed by atoms with Crippen LogP contribution in [0.2, 0.25) is 5.02 Å². The summed E-state index contributed by atoms with van der Waals surface area (Å²) in [6, 6.07) is 6.93. The van der Waals surface area contributed by atoms with Crippen molar-refractivity contribution in [3.63, 3.8) is 0 Å². The molecule has 1 aromatic carbocycles. The van der Waals surface area contributed by atoms with Gasteiger partial charge in [0.05, 0.1) is 6.04 Å². The second kappa shape index (κ2) is 6.22. The molecule has 0 unspecified atom stereocenters.